The number of carbonyl (C=O) groups excluding carboxylic acids is 2. The number of carbonyl (C=O) groups is 2. The summed E-state index contributed by atoms with van der Waals surface area (Å²) in [7, 11) is 3.12. The lowest BCUT2D eigenvalue weighted by molar-refractivity contribution is -0.138. The van der Waals surface area contributed by atoms with Gasteiger partial charge in [0, 0.05) is 19.8 Å². The van der Waals surface area contributed by atoms with Crippen LogP contribution in [0, 0.1) is 0 Å². The minimum Gasteiger partial charge on any atom is -0.460 e. The van der Waals surface area contributed by atoms with Crippen molar-refractivity contribution in [1.82, 2.24) is 0 Å². The summed E-state index contributed by atoms with van der Waals surface area (Å²) in [4.78, 5) is 24.7. The highest BCUT2D eigenvalue weighted by Gasteiger charge is 2.33. The van der Waals surface area contributed by atoms with E-state index in [2.05, 4.69) is 4.74 Å². The Morgan fingerprint density at radius 3 is 2.30 bits per heavy atom. The fourth-order valence-corrected chi connectivity index (χ4v) is 1.59. The van der Waals surface area contributed by atoms with E-state index < -0.39 is 23.5 Å². The molecule has 7 heteroatoms. The number of nitrogens with zero attached hydrogens (tertiary/aromatic N) is 1. The Balaban J connectivity index is 3.33. The van der Waals surface area contributed by atoms with Gasteiger partial charge in [0.15, 0.2) is 0 Å². The van der Waals surface area contributed by atoms with Crippen molar-refractivity contribution in [3.63, 3.8) is 0 Å². The first-order valence-electron chi connectivity index (χ1n) is 5.78. The maximum atomic E-state index is 12.7. The van der Waals surface area contributed by atoms with Gasteiger partial charge in [-0.15, -0.1) is 0 Å². The van der Waals surface area contributed by atoms with Gasteiger partial charge >= 0.3 is 12.1 Å². The Labute approximate surface area is 114 Å². The van der Waals surface area contributed by atoms with Crippen LogP contribution in [-0.4, -0.2) is 32.5 Å². The highest BCUT2D eigenvalue weighted by atomic mass is 19.4. The van der Waals surface area contributed by atoms with Crippen LogP contribution in [0.4, 0.5) is 18.9 Å². The van der Waals surface area contributed by atoms with E-state index in [1.165, 1.54) is 11.8 Å². The number of hydrogen-bond donors (Lipinski definition) is 0. The summed E-state index contributed by atoms with van der Waals surface area (Å²) in [5.41, 5.74) is -1.10. The van der Waals surface area contributed by atoms with Crippen LogP contribution in [-0.2, 0) is 15.7 Å². The molecule has 0 aliphatic carbocycles. The molecular formula is C13H14F3NO3. The van der Waals surface area contributed by atoms with Gasteiger partial charge in [-0.2, -0.15) is 13.2 Å². The van der Waals surface area contributed by atoms with Crippen molar-refractivity contribution < 1.29 is 27.5 Å². The summed E-state index contributed by atoms with van der Waals surface area (Å²) in [6.07, 6.45) is -4.59. The summed E-state index contributed by atoms with van der Waals surface area (Å²) < 4.78 is 42.5. The second-order valence-electron chi connectivity index (χ2n) is 4.17. The van der Waals surface area contributed by atoms with E-state index in [0.717, 1.165) is 12.1 Å². The smallest absolute Gasteiger partial charge is 0.416 e. The summed E-state index contributed by atoms with van der Waals surface area (Å²) in [5, 5.41) is 0. The second-order valence-corrected chi connectivity index (χ2v) is 4.17. The maximum absolute atomic E-state index is 12.7. The molecule has 0 atom stereocenters. The minimum absolute atomic E-state index is 0.0270. The van der Waals surface area contributed by atoms with Crippen LogP contribution < -0.4 is 4.90 Å². The first kappa shape index (κ1) is 16.0. The van der Waals surface area contributed by atoms with Crippen LogP contribution in [0.1, 0.15) is 22.8 Å². The molecular weight excluding hydrogens is 275 g/mol. The van der Waals surface area contributed by atoms with Gasteiger partial charge in [0.25, 0.3) is 5.78 Å². The quantitative estimate of drug-likeness (QED) is 0.485. The maximum Gasteiger partial charge on any atom is 0.416 e. The molecule has 0 aliphatic rings. The molecule has 0 aliphatic heterocycles. The van der Waals surface area contributed by atoms with E-state index in [-0.39, 0.29) is 17.9 Å². The number of ketones is 1. The molecule has 0 bridgehead atoms. The van der Waals surface area contributed by atoms with Crippen molar-refractivity contribution in [1.29, 1.82) is 0 Å². The van der Waals surface area contributed by atoms with Gasteiger partial charge in [-0.3, -0.25) is 4.79 Å². The van der Waals surface area contributed by atoms with Crippen molar-refractivity contribution >= 4 is 17.4 Å². The van der Waals surface area contributed by atoms with Gasteiger partial charge in [-0.05, 0) is 25.1 Å². The molecule has 0 N–H and O–H groups in total. The summed E-state index contributed by atoms with van der Waals surface area (Å²) in [6.45, 7) is 1.48. The van der Waals surface area contributed by atoms with Crippen LogP contribution >= 0.6 is 0 Å². The minimum atomic E-state index is -4.59. The molecule has 1 aromatic rings. The summed E-state index contributed by atoms with van der Waals surface area (Å²) in [6, 6.07) is 2.67. The van der Waals surface area contributed by atoms with Gasteiger partial charge in [-0.1, -0.05) is 0 Å². The summed E-state index contributed by atoms with van der Waals surface area (Å²) in [5.74, 6) is -2.27. The number of esters is 1. The third kappa shape index (κ3) is 3.49. The Bertz CT molecular complexity index is 524. The molecule has 20 heavy (non-hydrogen) atoms. The average Bonchev–Trinajstić information content (AvgIpc) is 2.36. The van der Waals surface area contributed by atoms with Gasteiger partial charge in [0.05, 0.1) is 17.7 Å². The predicted octanol–water partition coefficient (Wildman–Crippen LogP) is 2.52. The van der Waals surface area contributed by atoms with E-state index in [4.69, 9.17) is 0 Å². The van der Waals surface area contributed by atoms with Crippen molar-refractivity contribution in [3.05, 3.63) is 29.3 Å². The van der Waals surface area contributed by atoms with Crippen LogP contribution in [0.5, 0.6) is 0 Å². The number of rotatable bonds is 4. The standard InChI is InChI=1S/C13H14F3NO3/c1-4-20-12(19)11(18)9-7-8(13(14,15)16)5-6-10(9)17(2)3/h5-7H,4H2,1-3H3. The zero-order valence-electron chi connectivity index (χ0n) is 11.2. The number of halogens is 3. The van der Waals surface area contributed by atoms with E-state index in [1.54, 1.807) is 14.1 Å². The topological polar surface area (TPSA) is 46.6 Å². The number of anilines is 1. The fourth-order valence-electron chi connectivity index (χ4n) is 1.59. The van der Waals surface area contributed by atoms with Crippen LogP contribution in [0.3, 0.4) is 0 Å². The van der Waals surface area contributed by atoms with Crippen molar-refractivity contribution in [2.45, 2.75) is 13.1 Å². The van der Waals surface area contributed by atoms with Crippen molar-refractivity contribution in [2.24, 2.45) is 0 Å². The molecule has 110 valence electrons. The number of benzene rings is 1. The molecule has 0 saturated carbocycles. The fraction of sp³-hybridized carbons (Fsp3) is 0.385. The SMILES string of the molecule is CCOC(=O)C(=O)c1cc(C(F)(F)F)ccc1N(C)C. The molecule has 0 spiro atoms. The lowest BCUT2D eigenvalue weighted by Gasteiger charge is -2.18. The van der Waals surface area contributed by atoms with Crippen LogP contribution in [0.15, 0.2) is 18.2 Å². The lowest BCUT2D eigenvalue weighted by atomic mass is 10.0. The van der Waals surface area contributed by atoms with Gasteiger partial charge in [0.1, 0.15) is 0 Å². The van der Waals surface area contributed by atoms with Crippen LogP contribution in [0.2, 0.25) is 0 Å². The Hall–Kier alpha value is -2.05. The predicted molar refractivity (Wildman–Crippen MR) is 66.7 cm³/mol. The van der Waals surface area contributed by atoms with E-state index in [9.17, 15) is 22.8 Å². The third-order valence-corrected chi connectivity index (χ3v) is 2.51. The van der Waals surface area contributed by atoms with E-state index >= 15 is 0 Å². The summed E-state index contributed by atoms with van der Waals surface area (Å²) >= 11 is 0. The molecule has 0 aromatic heterocycles. The highest BCUT2D eigenvalue weighted by Crippen LogP contribution is 2.32. The average molecular weight is 289 g/mol. The number of Topliss-reactive ketones (excluding diaryl/α,β-unsaturated/α-hetero) is 1. The number of ether oxygens (including phenoxy) is 1. The van der Waals surface area contributed by atoms with E-state index in [0.29, 0.717) is 6.07 Å². The first-order chi connectivity index (χ1) is 9.18. The van der Waals surface area contributed by atoms with Gasteiger partial charge < -0.3 is 9.64 Å². The highest BCUT2D eigenvalue weighted by molar-refractivity contribution is 6.41. The molecule has 1 rings (SSSR count). The molecule has 0 amide bonds. The lowest BCUT2D eigenvalue weighted by Crippen LogP contribution is -2.22. The van der Waals surface area contributed by atoms with Crippen molar-refractivity contribution in [2.75, 3.05) is 25.6 Å². The largest absolute Gasteiger partial charge is 0.460 e. The molecule has 4 nitrogen and oxygen atoms in total. The zero-order chi connectivity index (χ0) is 15.5. The molecule has 1 aromatic carbocycles. The molecule has 0 fully saturated rings. The van der Waals surface area contributed by atoms with Gasteiger partial charge in [-0.25, -0.2) is 4.79 Å². The Morgan fingerprint density at radius 2 is 1.85 bits per heavy atom. The normalized spacial score (nSPS) is 11.1. The van der Waals surface area contributed by atoms with Gasteiger partial charge in [0.2, 0.25) is 0 Å². The second kappa shape index (κ2) is 5.94. The number of hydrogen-bond acceptors (Lipinski definition) is 4. The molecule has 0 saturated heterocycles. The number of alkyl halides is 3. The molecule has 0 unspecified atom stereocenters. The van der Waals surface area contributed by atoms with E-state index in [1.807, 2.05) is 0 Å². The first-order valence-corrected chi connectivity index (χ1v) is 5.78. The molecule has 0 radical (unpaired) electrons. The Morgan fingerprint density at radius 1 is 1.25 bits per heavy atom. The molecule has 0 heterocycles. The Kier molecular flexibility index (Phi) is 4.75. The third-order valence-electron chi connectivity index (χ3n) is 2.51. The zero-order valence-corrected chi connectivity index (χ0v) is 11.2. The van der Waals surface area contributed by atoms with Crippen LogP contribution in [0.25, 0.3) is 0 Å². The monoisotopic (exact) mass is 289 g/mol. The van der Waals surface area contributed by atoms with Crippen molar-refractivity contribution in [3.8, 4) is 0 Å².